The molecule has 2 rings (SSSR count). The summed E-state index contributed by atoms with van der Waals surface area (Å²) < 4.78 is 0. The number of guanidine groups is 1. The zero-order valence-corrected chi connectivity index (χ0v) is 13.7. The minimum Gasteiger partial charge on any atom is -0.357 e. The molecule has 2 fully saturated rings. The summed E-state index contributed by atoms with van der Waals surface area (Å²) in [6.07, 6.45) is 7.98. The molecule has 5 nitrogen and oxygen atoms in total. The van der Waals surface area contributed by atoms with Crippen LogP contribution in [-0.4, -0.2) is 50.0 Å². The first kappa shape index (κ1) is 16.1. The zero-order chi connectivity index (χ0) is 15.3. The van der Waals surface area contributed by atoms with Crippen LogP contribution >= 0.6 is 0 Å². The Kier molecular flexibility index (Phi) is 5.48. The van der Waals surface area contributed by atoms with Crippen molar-refractivity contribution in [2.75, 3.05) is 27.2 Å². The maximum Gasteiger partial charge on any atom is 0.230 e. The van der Waals surface area contributed by atoms with Gasteiger partial charge in [-0.2, -0.15) is 0 Å². The van der Waals surface area contributed by atoms with E-state index in [1.807, 2.05) is 14.1 Å². The van der Waals surface area contributed by atoms with E-state index in [1.165, 1.54) is 19.3 Å². The van der Waals surface area contributed by atoms with Crippen molar-refractivity contribution in [3.05, 3.63) is 0 Å². The average molecular weight is 294 g/mol. The minimum absolute atomic E-state index is 0.239. The Labute approximate surface area is 128 Å². The van der Waals surface area contributed by atoms with Crippen molar-refractivity contribution in [1.29, 1.82) is 0 Å². The van der Waals surface area contributed by atoms with Crippen LogP contribution in [0.5, 0.6) is 0 Å². The maximum absolute atomic E-state index is 12.5. The molecule has 0 aromatic rings. The Morgan fingerprint density at radius 3 is 2.38 bits per heavy atom. The van der Waals surface area contributed by atoms with E-state index < -0.39 is 0 Å². The van der Waals surface area contributed by atoms with Crippen LogP contribution in [-0.2, 0) is 4.79 Å². The quantitative estimate of drug-likeness (QED) is 0.600. The summed E-state index contributed by atoms with van der Waals surface area (Å²) in [6, 6.07) is 0.562. The van der Waals surface area contributed by atoms with Gasteiger partial charge in [0.05, 0.1) is 12.0 Å². The molecule has 5 heteroatoms. The van der Waals surface area contributed by atoms with E-state index >= 15 is 0 Å². The van der Waals surface area contributed by atoms with Crippen molar-refractivity contribution in [2.45, 2.75) is 57.9 Å². The first-order valence-electron chi connectivity index (χ1n) is 8.34. The van der Waals surface area contributed by atoms with Gasteiger partial charge in [0.1, 0.15) is 0 Å². The highest BCUT2D eigenvalue weighted by molar-refractivity contribution is 5.84. The number of nitrogens with zero attached hydrogens (tertiary/aromatic N) is 2. The van der Waals surface area contributed by atoms with Crippen LogP contribution in [0.1, 0.15) is 51.9 Å². The summed E-state index contributed by atoms with van der Waals surface area (Å²) in [4.78, 5) is 19.0. The second-order valence-electron chi connectivity index (χ2n) is 6.65. The highest BCUT2D eigenvalue weighted by Crippen LogP contribution is 2.39. The summed E-state index contributed by atoms with van der Waals surface area (Å²) >= 11 is 0. The molecule has 2 aliphatic rings. The molecular weight excluding hydrogens is 264 g/mol. The van der Waals surface area contributed by atoms with Crippen LogP contribution in [0.15, 0.2) is 4.99 Å². The summed E-state index contributed by atoms with van der Waals surface area (Å²) in [7, 11) is 3.70. The van der Waals surface area contributed by atoms with E-state index in [4.69, 9.17) is 4.99 Å². The minimum atomic E-state index is -0.272. The third kappa shape index (κ3) is 3.89. The molecular formula is C16H30N4O. The Hall–Kier alpha value is -1.26. The maximum atomic E-state index is 12.5. The predicted octanol–water partition coefficient (Wildman–Crippen LogP) is 1.74. The van der Waals surface area contributed by atoms with Gasteiger partial charge in [0, 0.05) is 26.7 Å². The van der Waals surface area contributed by atoms with Crippen molar-refractivity contribution in [1.82, 2.24) is 15.5 Å². The van der Waals surface area contributed by atoms with Gasteiger partial charge in [-0.15, -0.1) is 0 Å². The van der Waals surface area contributed by atoms with Gasteiger partial charge in [-0.1, -0.05) is 12.8 Å². The van der Waals surface area contributed by atoms with Crippen LogP contribution in [0, 0.1) is 5.41 Å². The summed E-state index contributed by atoms with van der Waals surface area (Å²) in [5.41, 5.74) is -0.272. The topological polar surface area (TPSA) is 56.7 Å². The normalized spacial score (nSPS) is 21.8. The van der Waals surface area contributed by atoms with E-state index in [2.05, 4.69) is 17.6 Å². The van der Waals surface area contributed by atoms with Crippen LogP contribution in [0.2, 0.25) is 0 Å². The second-order valence-corrected chi connectivity index (χ2v) is 6.65. The molecule has 0 aromatic carbocycles. The Morgan fingerprint density at radius 1 is 1.24 bits per heavy atom. The van der Waals surface area contributed by atoms with E-state index in [0.717, 1.165) is 38.2 Å². The lowest BCUT2D eigenvalue weighted by Gasteiger charge is -2.31. The fourth-order valence-corrected chi connectivity index (χ4v) is 3.26. The number of hydrogen-bond acceptors (Lipinski definition) is 2. The molecule has 2 aliphatic carbocycles. The number of carbonyl (C=O) groups is 1. The fourth-order valence-electron chi connectivity index (χ4n) is 3.26. The number of amides is 1. The van der Waals surface area contributed by atoms with Gasteiger partial charge in [-0.3, -0.25) is 9.79 Å². The third-order valence-corrected chi connectivity index (χ3v) is 4.75. The van der Waals surface area contributed by atoms with Gasteiger partial charge in [0.25, 0.3) is 0 Å². The molecule has 0 unspecified atom stereocenters. The van der Waals surface area contributed by atoms with E-state index in [9.17, 15) is 4.79 Å². The monoisotopic (exact) mass is 294 g/mol. The molecule has 0 radical (unpaired) electrons. The first-order valence-corrected chi connectivity index (χ1v) is 8.34. The molecule has 0 heterocycles. The molecule has 0 bridgehead atoms. The lowest BCUT2D eigenvalue weighted by Crippen LogP contribution is -2.47. The van der Waals surface area contributed by atoms with Crippen molar-refractivity contribution in [3.63, 3.8) is 0 Å². The summed E-state index contributed by atoms with van der Waals surface area (Å²) in [5.74, 6) is 1.11. The Morgan fingerprint density at radius 2 is 1.90 bits per heavy atom. The van der Waals surface area contributed by atoms with Gasteiger partial charge in [0.15, 0.2) is 5.96 Å². The lowest BCUT2D eigenvalue weighted by atomic mass is 9.85. The van der Waals surface area contributed by atoms with Crippen LogP contribution in [0.4, 0.5) is 0 Å². The van der Waals surface area contributed by atoms with E-state index in [0.29, 0.717) is 12.6 Å². The molecule has 0 atom stereocenters. The largest absolute Gasteiger partial charge is 0.357 e. The highest BCUT2D eigenvalue weighted by Gasteiger charge is 2.42. The SMILES string of the molecule is CCNC(=NCC1(C(=O)N(C)C)CCCC1)NC1CCC1. The Balaban J connectivity index is 2.03. The van der Waals surface area contributed by atoms with Crippen LogP contribution < -0.4 is 10.6 Å². The number of carbonyl (C=O) groups excluding carboxylic acids is 1. The van der Waals surface area contributed by atoms with E-state index in [1.54, 1.807) is 4.90 Å². The van der Waals surface area contributed by atoms with Gasteiger partial charge >= 0.3 is 0 Å². The number of nitrogens with one attached hydrogen (secondary N) is 2. The van der Waals surface area contributed by atoms with Crippen molar-refractivity contribution in [3.8, 4) is 0 Å². The molecule has 21 heavy (non-hydrogen) atoms. The lowest BCUT2D eigenvalue weighted by molar-refractivity contribution is -0.138. The standard InChI is InChI=1S/C16H30N4O/c1-4-17-15(19-13-8-7-9-13)18-12-16(10-5-6-11-16)14(21)20(2)3/h13H,4-12H2,1-3H3,(H2,17,18,19). The highest BCUT2D eigenvalue weighted by atomic mass is 16.2. The van der Waals surface area contributed by atoms with Gasteiger partial charge in [0.2, 0.25) is 5.91 Å². The van der Waals surface area contributed by atoms with Crippen molar-refractivity contribution < 1.29 is 4.79 Å². The van der Waals surface area contributed by atoms with Gasteiger partial charge < -0.3 is 15.5 Å². The molecule has 120 valence electrons. The molecule has 1 amide bonds. The second kappa shape index (κ2) is 7.14. The van der Waals surface area contributed by atoms with Crippen LogP contribution in [0.3, 0.4) is 0 Å². The zero-order valence-electron chi connectivity index (χ0n) is 13.7. The first-order chi connectivity index (χ1) is 10.1. The Bertz CT molecular complexity index is 382. The molecule has 2 N–H and O–H groups in total. The number of aliphatic imine (C=N–C) groups is 1. The van der Waals surface area contributed by atoms with Gasteiger partial charge in [-0.05, 0) is 39.0 Å². The van der Waals surface area contributed by atoms with Gasteiger partial charge in [-0.25, -0.2) is 0 Å². The van der Waals surface area contributed by atoms with Crippen molar-refractivity contribution in [2.24, 2.45) is 10.4 Å². The smallest absolute Gasteiger partial charge is 0.230 e. The van der Waals surface area contributed by atoms with E-state index in [-0.39, 0.29) is 11.3 Å². The number of rotatable bonds is 5. The molecule has 0 aliphatic heterocycles. The van der Waals surface area contributed by atoms with Crippen molar-refractivity contribution >= 4 is 11.9 Å². The predicted molar refractivity (Wildman–Crippen MR) is 86.3 cm³/mol. The molecule has 2 saturated carbocycles. The summed E-state index contributed by atoms with van der Waals surface area (Å²) in [5, 5.41) is 6.78. The summed E-state index contributed by atoms with van der Waals surface area (Å²) in [6.45, 7) is 3.54. The molecule has 0 aromatic heterocycles. The molecule has 0 spiro atoms. The fraction of sp³-hybridized carbons (Fsp3) is 0.875. The third-order valence-electron chi connectivity index (χ3n) is 4.75. The van der Waals surface area contributed by atoms with Crippen LogP contribution in [0.25, 0.3) is 0 Å². The average Bonchev–Trinajstić information content (AvgIpc) is 2.89. The molecule has 0 saturated heterocycles. The number of hydrogen-bond donors (Lipinski definition) is 2.